The fourth-order valence-electron chi connectivity index (χ4n) is 9.03. The Hall–Kier alpha value is -0.520. The topological polar surface area (TPSA) is 0 Å². The molecule has 3 fully saturated rings. The van der Waals surface area contributed by atoms with Crippen molar-refractivity contribution in [2.75, 3.05) is 0 Å². The highest BCUT2D eigenvalue weighted by Gasteiger charge is 2.58. The molecule has 4 rings (SSSR count). The van der Waals surface area contributed by atoms with Crippen LogP contribution in [0.25, 0.3) is 0 Å². The molecule has 0 saturated heterocycles. The smallest absolute Gasteiger partial charge is 0.00851 e. The highest BCUT2D eigenvalue weighted by atomic mass is 14.6. The van der Waals surface area contributed by atoms with Gasteiger partial charge in [0, 0.05) is 0 Å². The first-order valence-corrected chi connectivity index (χ1v) is 15.6. The molecule has 3 saturated carbocycles. The SMILES string of the molecule is CC.CC.CCC(/C=C/C(C)C1CCC2C3CC=C4CC(C)CCC4(C)C3CCC12C)C(C)C. The van der Waals surface area contributed by atoms with Gasteiger partial charge in [0.1, 0.15) is 0 Å². The zero-order valence-electron chi connectivity index (χ0n) is 25.2. The summed E-state index contributed by atoms with van der Waals surface area (Å²) in [4.78, 5) is 0. The first kappa shape index (κ1) is 29.7. The minimum absolute atomic E-state index is 0.534. The Bertz CT molecular complexity index is 668. The predicted octanol–water partition coefficient (Wildman–Crippen LogP) is 11.1. The quantitative estimate of drug-likeness (QED) is 0.350. The Morgan fingerprint density at radius 3 is 2.21 bits per heavy atom. The zero-order valence-corrected chi connectivity index (χ0v) is 25.2. The van der Waals surface area contributed by atoms with E-state index in [4.69, 9.17) is 0 Å². The Morgan fingerprint density at radius 1 is 0.912 bits per heavy atom. The van der Waals surface area contributed by atoms with Crippen LogP contribution in [0.5, 0.6) is 0 Å². The molecule has 0 amide bonds. The summed E-state index contributed by atoms with van der Waals surface area (Å²) in [6, 6.07) is 0. The van der Waals surface area contributed by atoms with Gasteiger partial charge in [0.05, 0.1) is 0 Å². The molecule has 198 valence electrons. The lowest BCUT2D eigenvalue weighted by molar-refractivity contribution is -0.0486. The summed E-state index contributed by atoms with van der Waals surface area (Å²) < 4.78 is 0. The lowest BCUT2D eigenvalue weighted by Gasteiger charge is -2.58. The fraction of sp³-hybridized carbons (Fsp3) is 0.882. The van der Waals surface area contributed by atoms with Crippen LogP contribution >= 0.6 is 0 Å². The largest absolute Gasteiger partial charge is 0.0851 e. The van der Waals surface area contributed by atoms with Gasteiger partial charge in [-0.25, -0.2) is 0 Å². The number of rotatable bonds is 5. The zero-order chi connectivity index (χ0) is 25.7. The number of hydrogen-bond acceptors (Lipinski definition) is 0. The maximum Gasteiger partial charge on any atom is -0.00851 e. The van der Waals surface area contributed by atoms with E-state index >= 15 is 0 Å². The molecule has 0 aliphatic heterocycles. The van der Waals surface area contributed by atoms with Crippen molar-refractivity contribution in [1.82, 2.24) is 0 Å². The molecule has 4 aliphatic carbocycles. The third kappa shape index (κ3) is 5.57. The molecule has 0 aromatic rings. The highest BCUT2D eigenvalue weighted by molar-refractivity contribution is 5.25. The first-order chi connectivity index (χ1) is 16.2. The van der Waals surface area contributed by atoms with E-state index in [1.165, 1.54) is 57.8 Å². The minimum atomic E-state index is 0.534. The van der Waals surface area contributed by atoms with Gasteiger partial charge in [-0.05, 0) is 116 Å². The summed E-state index contributed by atoms with van der Waals surface area (Å²) >= 11 is 0. The van der Waals surface area contributed by atoms with Crippen LogP contribution in [0.4, 0.5) is 0 Å². The van der Waals surface area contributed by atoms with E-state index in [1.54, 1.807) is 0 Å². The van der Waals surface area contributed by atoms with E-state index in [0.717, 1.165) is 47.3 Å². The van der Waals surface area contributed by atoms with Gasteiger partial charge < -0.3 is 0 Å². The van der Waals surface area contributed by atoms with Crippen LogP contribution in [0.1, 0.15) is 134 Å². The predicted molar refractivity (Wildman–Crippen MR) is 154 cm³/mol. The third-order valence-corrected chi connectivity index (χ3v) is 11.0. The average molecular weight is 471 g/mol. The summed E-state index contributed by atoms with van der Waals surface area (Å²) in [6.07, 6.45) is 20.9. The van der Waals surface area contributed by atoms with Gasteiger partial charge in [-0.3, -0.25) is 0 Å². The molecule has 0 spiro atoms. The third-order valence-electron chi connectivity index (χ3n) is 11.0. The standard InChI is InChI=1S/C30H50.2C2H6/c1-8-23(20(2)3)10-9-22(5)26-13-14-27-25-12-11-24-19-21(4)15-17-29(24,6)28(25)16-18-30(26,27)7;2*1-2/h9-11,20-23,25-28H,8,12-19H2,1-7H3;2*1-2H3/b10-9+;;. The Morgan fingerprint density at radius 2 is 1.59 bits per heavy atom. The summed E-state index contributed by atoms with van der Waals surface area (Å²) in [6.45, 7) is 25.5. The van der Waals surface area contributed by atoms with Gasteiger partial charge in [0.2, 0.25) is 0 Å². The van der Waals surface area contributed by atoms with Crippen molar-refractivity contribution in [3.05, 3.63) is 23.8 Å². The molecule has 9 atom stereocenters. The van der Waals surface area contributed by atoms with Gasteiger partial charge >= 0.3 is 0 Å². The molecule has 0 heteroatoms. The Balaban J connectivity index is 0.000000970. The molecule has 0 radical (unpaired) electrons. The van der Waals surface area contributed by atoms with E-state index in [-0.39, 0.29) is 0 Å². The molecule has 0 N–H and O–H groups in total. The van der Waals surface area contributed by atoms with Gasteiger partial charge in [-0.1, -0.05) is 100.0 Å². The van der Waals surface area contributed by atoms with Gasteiger partial charge in [0.15, 0.2) is 0 Å². The molecule has 0 heterocycles. The lowest BCUT2D eigenvalue weighted by Crippen LogP contribution is -2.50. The monoisotopic (exact) mass is 470 g/mol. The summed E-state index contributed by atoms with van der Waals surface area (Å²) in [5, 5.41) is 0. The second-order valence-corrected chi connectivity index (χ2v) is 12.9. The highest BCUT2D eigenvalue weighted by Crippen LogP contribution is 2.67. The normalized spacial score (nSPS) is 40.6. The Kier molecular flexibility index (Phi) is 11.0. The van der Waals surface area contributed by atoms with Crippen molar-refractivity contribution >= 4 is 0 Å². The average Bonchev–Trinajstić information content (AvgIpc) is 3.19. The van der Waals surface area contributed by atoms with Crippen molar-refractivity contribution in [3.63, 3.8) is 0 Å². The van der Waals surface area contributed by atoms with E-state index in [9.17, 15) is 0 Å². The molecule has 0 bridgehead atoms. The number of hydrogen-bond donors (Lipinski definition) is 0. The van der Waals surface area contributed by atoms with Crippen LogP contribution in [0.3, 0.4) is 0 Å². The molecule has 9 unspecified atom stereocenters. The van der Waals surface area contributed by atoms with E-state index in [2.05, 4.69) is 66.7 Å². The minimum Gasteiger partial charge on any atom is -0.0851 e. The van der Waals surface area contributed by atoms with E-state index < -0.39 is 0 Å². The number of allylic oxidation sites excluding steroid dienone is 4. The summed E-state index contributed by atoms with van der Waals surface area (Å²) in [5.74, 6) is 6.98. The fourth-order valence-corrected chi connectivity index (χ4v) is 9.03. The van der Waals surface area contributed by atoms with E-state index in [1.807, 2.05) is 33.3 Å². The maximum absolute atomic E-state index is 2.74. The van der Waals surface area contributed by atoms with Gasteiger partial charge in [-0.2, -0.15) is 0 Å². The van der Waals surface area contributed by atoms with Crippen molar-refractivity contribution < 1.29 is 0 Å². The van der Waals surface area contributed by atoms with Crippen LogP contribution in [0.2, 0.25) is 0 Å². The maximum atomic E-state index is 2.74. The van der Waals surface area contributed by atoms with Crippen LogP contribution in [-0.4, -0.2) is 0 Å². The van der Waals surface area contributed by atoms with Crippen LogP contribution in [0.15, 0.2) is 23.8 Å². The molecule has 4 aliphatic rings. The van der Waals surface area contributed by atoms with Crippen molar-refractivity contribution in [2.24, 2.45) is 58.2 Å². The summed E-state index contributed by atoms with van der Waals surface area (Å²) in [5.41, 5.74) is 2.97. The number of fused-ring (bicyclic) bond motifs is 5. The van der Waals surface area contributed by atoms with Gasteiger partial charge in [-0.15, -0.1) is 0 Å². The van der Waals surface area contributed by atoms with Crippen molar-refractivity contribution in [3.8, 4) is 0 Å². The molecular formula is C34H62. The Labute approximate surface area is 215 Å². The second-order valence-electron chi connectivity index (χ2n) is 12.9. The first-order valence-electron chi connectivity index (χ1n) is 15.6. The summed E-state index contributed by atoms with van der Waals surface area (Å²) in [7, 11) is 0. The molecule has 0 aromatic heterocycles. The second kappa shape index (κ2) is 12.6. The molecule has 0 aromatic carbocycles. The lowest BCUT2D eigenvalue weighted by atomic mass is 9.46. The van der Waals surface area contributed by atoms with Gasteiger partial charge in [0.25, 0.3) is 0 Å². The van der Waals surface area contributed by atoms with E-state index in [0.29, 0.717) is 10.8 Å². The van der Waals surface area contributed by atoms with Crippen LogP contribution in [-0.2, 0) is 0 Å². The van der Waals surface area contributed by atoms with Crippen LogP contribution in [0, 0.1) is 58.2 Å². The van der Waals surface area contributed by atoms with Crippen molar-refractivity contribution in [2.45, 2.75) is 134 Å². The van der Waals surface area contributed by atoms with Crippen molar-refractivity contribution in [1.29, 1.82) is 0 Å². The van der Waals surface area contributed by atoms with Crippen LogP contribution < -0.4 is 0 Å². The molecular weight excluding hydrogens is 408 g/mol. The molecule has 34 heavy (non-hydrogen) atoms. The molecule has 0 nitrogen and oxygen atoms in total.